The average Bonchev–Trinajstić information content (AvgIpc) is 2.77. The van der Waals surface area contributed by atoms with Gasteiger partial charge in [-0.2, -0.15) is 11.8 Å². The maximum atomic E-state index is 13.1. The standard InChI is InChI=1S/C23H29N2O5PS/c1-32-13-12-21(24)31(29,30)16-19(14-17-8-4-2-5-9-17)22(26)25-20(23(27)28)15-18-10-6-3-7-11-18/h2-11,19-20,24,29-30H,12-16H2,1H3,(H-,25,26,27,28)/p+1. The molecule has 5 N–H and O–H groups in total. The van der Waals surface area contributed by atoms with Crippen LogP contribution in [-0.2, 0) is 22.4 Å². The van der Waals surface area contributed by atoms with Crippen LogP contribution in [-0.4, -0.2) is 56.4 Å². The second-order valence-corrected chi connectivity index (χ2v) is 10.9. The van der Waals surface area contributed by atoms with Crippen molar-refractivity contribution in [3.8, 4) is 0 Å². The first-order valence-corrected chi connectivity index (χ1v) is 13.5. The van der Waals surface area contributed by atoms with E-state index >= 15 is 0 Å². The minimum absolute atomic E-state index is 0.113. The highest BCUT2D eigenvalue weighted by atomic mass is 32.2. The number of thioether (sulfide) groups is 1. The zero-order valence-electron chi connectivity index (χ0n) is 18.0. The van der Waals surface area contributed by atoms with Crippen molar-refractivity contribution in [2.45, 2.75) is 25.3 Å². The van der Waals surface area contributed by atoms with Crippen LogP contribution in [0.3, 0.4) is 0 Å². The summed E-state index contributed by atoms with van der Waals surface area (Å²) >= 11 is 1.50. The Morgan fingerprint density at radius 1 is 1.00 bits per heavy atom. The summed E-state index contributed by atoms with van der Waals surface area (Å²) in [5.41, 5.74) is 1.43. The Balaban J connectivity index is 2.19. The van der Waals surface area contributed by atoms with Gasteiger partial charge in [-0.05, 0) is 23.8 Å². The lowest BCUT2D eigenvalue weighted by Crippen LogP contribution is -2.46. The SMILES string of the molecule is CSCCC(=N)[P+](O)(O)CC(Cc1ccccc1)C(=O)NC(Cc1ccccc1)C(=O)O. The van der Waals surface area contributed by atoms with E-state index in [9.17, 15) is 24.5 Å². The smallest absolute Gasteiger partial charge is 0.326 e. The van der Waals surface area contributed by atoms with Crippen LogP contribution < -0.4 is 5.32 Å². The number of benzene rings is 2. The Kier molecular flexibility index (Phi) is 10.3. The van der Waals surface area contributed by atoms with Crippen molar-refractivity contribution < 1.29 is 24.5 Å². The number of carboxylic acid groups (broad SMARTS) is 1. The molecule has 0 aliphatic heterocycles. The lowest BCUT2D eigenvalue weighted by Gasteiger charge is -2.22. The van der Waals surface area contributed by atoms with E-state index in [1.165, 1.54) is 11.8 Å². The van der Waals surface area contributed by atoms with Gasteiger partial charge in [-0.15, -0.1) is 0 Å². The summed E-state index contributed by atoms with van der Waals surface area (Å²) in [6.07, 6.45) is 2.13. The van der Waals surface area contributed by atoms with Crippen molar-refractivity contribution >= 4 is 36.8 Å². The van der Waals surface area contributed by atoms with Gasteiger partial charge in [-0.1, -0.05) is 60.7 Å². The molecule has 2 aromatic carbocycles. The van der Waals surface area contributed by atoms with Crippen molar-refractivity contribution in [1.29, 1.82) is 5.41 Å². The van der Waals surface area contributed by atoms with Crippen LogP contribution in [0.15, 0.2) is 60.7 Å². The molecule has 0 fully saturated rings. The number of amides is 1. The van der Waals surface area contributed by atoms with Gasteiger partial charge in [0.1, 0.15) is 12.2 Å². The second-order valence-electron chi connectivity index (χ2n) is 7.58. The largest absolute Gasteiger partial charge is 0.480 e. The van der Waals surface area contributed by atoms with E-state index in [2.05, 4.69) is 5.32 Å². The molecule has 0 spiro atoms. The quantitative estimate of drug-likeness (QED) is 0.222. The molecule has 9 heteroatoms. The number of carboxylic acids is 1. The van der Waals surface area contributed by atoms with E-state index in [-0.39, 0.29) is 30.9 Å². The number of rotatable bonds is 13. The maximum absolute atomic E-state index is 13.1. The van der Waals surface area contributed by atoms with Crippen molar-refractivity contribution in [2.75, 3.05) is 18.2 Å². The fourth-order valence-electron chi connectivity index (χ4n) is 3.27. The van der Waals surface area contributed by atoms with Crippen LogP contribution in [0.25, 0.3) is 0 Å². The van der Waals surface area contributed by atoms with Crippen LogP contribution >= 0.6 is 19.5 Å². The van der Waals surface area contributed by atoms with Gasteiger partial charge in [-0.25, -0.2) is 14.6 Å². The minimum Gasteiger partial charge on any atom is -0.480 e. The predicted molar refractivity (Wildman–Crippen MR) is 130 cm³/mol. The molecule has 2 atom stereocenters. The number of hydrogen-bond acceptors (Lipinski definition) is 6. The van der Waals surface area contributed by atoms with E-state index < -0.39 is 31.6 Å². The monoisotopic (exact) mass is 477 g/mol. The molecule has 0 radical (unpaired) electrons. The highest BCUT2D eigenvalue weighted by molar-refractivity contribution is 7.98. The van der Waals surface area contributed by atoms with Gasteiger partial charge in [-0.3, -0.25) is 10.2 Å². The Morgan fingerprint density at radius 2 is 1.53 bits per heavy atom. The molecule has 0 aliphatic carbocycles. The number of carbonyl (C=O) groups excluding carboxylic acids is 1. The van der Waals surface area contributed by atoms with Crippen molar-refractivity contribution in [3.63, 3.8) is 0 Å². The fourth-order valence-corrected chi connectivity index (χ4v) is 5.43. The van der Waals surface area contributed by atoms with Crippen LogP contribution in [0.2, 0.25) is 0 Å². The number of aliphatic carboxylic acids is 1. The normalized spacial score (nSPS) is 13.2. The van der Waals surface area contributed by atoms with E-state index in [1.807, 2.05) is 42.7 Å². The molecule has 2 rings (SSSR count). The molecule has 2 unspecified atom stereocenters. The van der Waals surface area contributed by atoms with Crippen LogP contribution in [0.5, 0.6) is 0 Å². The summed E-state index contributed by atoms with van der Waals surface area (Å²) in [6.45, 7) is 0. The molecule has 172 valence electrons. The van der Waals surface area contributed by atoms with E-state index in [0.29, 0.717) is 5.75 Å². The first-order valence-electron chi connectivity index (χ1n) is 10.2. The first kappa shape index (κ1) is 26.0. The number of nitrogens with one attached hydrogen (secondary N) is 2. The summed E-state index contributed by atoms with van der Waals surface area (Å²) in [5, 5.41) is 20.3. The molecule has 0 aliphatic rings. The summed E-state index contributed by atoms with van der Waals surface area (Å²) in [7, 11) is -3.78. The van der Waals surface area contributed by atoms with Crippen LogP contribution in [0, 0.1) is 11.3 Å². The Bertz CT molecular complexity index is 896. The van der Waals surface area contributed by atoms with Gasteiger partial charge in [0.05, 0.1) is 5.92 Å². The minimum atomic E-state index is -3.78. The number of hydrogen-bond donors (Lipinski definition) is 5. The molecular weight excluding hydrogens is 447 g/mol. The zero-order valence-corrected chi connectivity index (χ0v) is 19.7. The lowest BCUT2D eigenvalue weighted by atomic mass is 9.99. The molecule has 32 heavy (non-hydrogen) atoms. The van der Waals surface area contributed by atoms with Crippen molar-refractivity contribution in [1.82, 2.24) is 5.32 Å². The van der Waals surface area contributed by atoms with E-state index in [4.69, 9.17) is 5.41 Å². The van der Waals surface area contributed by atoms with Gasteiger partial charge in [0, 0.05) is 18.6 Å². The Hall–Kier alpha value is -2.25. The Morgan fingerprint density at radius 3 is 2.03 bits per heavy atom. The number of carbonyl (C=O) groups is 2. The summed E-state index contributed by atoms with van der Waals surface area (Å²) in [4.78, 5) is 46.1. The predicted octanol–water partition coefficient (Wildman–Crippen LogP) is 3.22. The summed E-state index contributed by atoms with van der Waals surface area (Å²) < 4.78 is 0. The highest BCUT2D eigenvalue weighted by Crippen LogP contribution is 2.53. The summed E-state index contributed by atoms with van der Waals surface area (Å²) in [6, 6.07) is 17.0. The van der Waals surface area contributed by atoms with Gasteiger partial charge < -0.3 is 10.4 Å². The average molecular weight is 478 g/mol. The summed E-state index contributed by atoms with van der Waals surface area (Å²) in [5.74, 6) is -2.03. The molecule has 0 bridgehead atoms. The third-order valence-corrected chi connectivity index (χ3v) is 7.69. The third-order valence-electron chi connectivity index (χ3n) is 5.04. The molecule has 0 heterocycles. The third kappa shape index (κ3) is 8.36. The van der Waals surface area contributed by atoms with Crippen LogP contribution in [0.1, 0.15) is 17.5 Å². The highest BCUT2D eigenvalue weighted by Gasteiger charge is 2.44. The van der Waals surface area contributed by atoms with E-state index in [1.54, 1.807) is 24.3 Å². The lowest BCUT2D eigenvalue weighted by molar-refractivity contribution is -0.142. The molecule has 0 saturated heterocycles. The molecule has 1 amide bonds. The van der Waals surface area contributed by atoms with Gasteiger partial charge >= 0.3 is 13.7 Å². The second kappa shape index (κ2) is 12.7. The first-order chi connectivity index (χ1) is 15.2. The fraction of sp³-hybridized carbons (Fsp3) is 0.348. The molecule has 0 saturated carbocycles. The molecule has 7 nitrogen and oxygen atoms in total. The van der Waals surface area contributed by atoms with Gasteiger partial charge in [0.25, 0.3) is 0 Å². The molecule has 0 aromatic heterocycles. The van der Waals surface area contributed by atoms with Gasteiger partial charge in [0.2, 0.25) is 11.4 Å². The van der Waals surface area contributed by atoms with Crippen molar-refractivity contribution in [2.24, 2.45) is 5.92 Å². The van der Waals surface area contributed by atoms with Crippen molar-refractivity contribution in [3.05, 3.63) is 71.8 Å². The maximum Gasteiger partial charge on any atom is 0.326 e. The van der Waals surface area contributed by atoms with Gasteiger partial charge in [0.15, 0.2) is 0 Å². The topological polar surface area (TPSA) is 131 Å². The Labute approximate surface area is 193 Å². The van der Waals surface area contributed by atoms with Crippen LogP contribution in [0.4, 0.5) is 0 Å². The molecular formula is C23H30N2O5PS+. The van der Waals surface area contributed by atoms with E-state index in [0.717, 1.165) is 11.1 Å². The zero-order chi connectivity index (χ0) is 23.6. The molecule has 2 aromatic rings.